The van der Waals surface area contributed by atoms with Crippen molar-refractivity contribution < 1.29 is 14.3 Å². The van der Waals surface area contributed by atoms with Crippen LogP contribution in [0.2, 0.25) is 5.02 Å². The minimum absolute atomic E-state index is 0.0918. The smallest absolute Gasteiger partial charge is 0.356 e. The largest absolute Gasteiger partial charge is 0.448 e. The second-order valence-corrected chi connectivity index (χ2v) is 9.25. The Morgan fingerprint density at radius 3 is 2.36 bits per heavy atom. The number of aromatic nitrogens is 1. The molecule has 0 spiro atoms. The predicted octanol–water partition coefficient (Wildman–Crippen LogP) is 5.38. The number of carbonyl (C=O) groups is 2. The number of para-hydroxylation sites is 1. The number of ether oxygens (including phenoxy) is 1. The summed E-state index contributed by atoms with van der Waals surface area (Å²) in [6, 6.07) is 21.9. The molecule has 1 aliphatic rings. The van der Waals surface area contributed by atoms with Crippen molar-refractivity contribution in [2.75, 3.05) is 11.4 Å². The topological polar surface area (TPSA) is 68.6 Å². The van der Waals surface area contributed by atoms with Gasteiger partial charge in [-0.05, 0) is 53.6 Å². The summed E-state index contributed by atoms with van der Waals surface area (Å²) in [5, 5.41) is 1.67. The summed E-state index contributed by atoms with van der Waals surface area (Å²) < 4.78 is 7.13. The molecule has 2 heterocycles. The minimum atomic E-state index is -0.983. The van der Waals surface area contributed by atoms with Crippen LogP contribution in [0.25, 0.3) is 21.9 Å². The summed E-state index contributed by atoms with van der Waals surface area (Å²) in [6.07, 6.45) is 0.0797. The van der Waals surface area contributed by atoms with Crippen LogP contribution in [-0.2, 0) is 23.0 Å². The Labute approximate surface area is 213 Å². The first-order valence-electron chi connectivity index (χ1n) is 11.9. The summed E-state index contributed by atoms with van der Waals surface area (Å²) in [7, 11) is 1.55. The van der Waals surface area contributed by atoms with Gasteiger partial charge in [0.1, 0.15) is 5.69 Å². The number of hydrogen-bond acceptors (Lipinski definition) is 4. The summed E-state index contributed by atoms with van der Waals surface area (Å²) in [6.45, 7) is 2.34. The lowest BCUT2D eigenvalue weighted by Gasteiger charge is -2.24. The van der Waals surface area contributed by atoms with Crippen LogP contribution in [0, 0.1) is 0 Å². The zero-order valence-electron chi connectivity index (χ0n) is 20.0. The third kappa shape index (κ3) is 4.07. The molecule has 0 radical (unpaired) electrons. The van der Waals surface area contributed by atoms with Crippen LogP contribution in [0.15, 0.2) is 77.6 Å². The number of benzene rings is 3. The Balaban J connectivity index is 1.57. The number of rotatable bonds is 5. The van der Waals surface area contributed by atoms with Gasteiger partial charge in [0.25, 0.3) is 11.5 Å². The van der Waals surface area contributed by atoms with Crippen LogP contribution in [0.4, 0.5) is 5.69 Å². The van der Waals surface area contributed by atoms with E-state index in [1.165, 1.54) is 4.57 Å². The molecule has 7 heteroatoms. The highest BCUT2D eigenvalue weighted by atomic mass is 35.5. The predicted molar refractivity (Wildman–Crippen MR) is 142 cm³/mol. The molecule has 0 bridgehead atoms. The lowest BCUT2D eigenvalue weighted by Crippen LogP contribution is -2.41. The second-order valence-electron chi connectivity index (χ2n) is 8.81. The Hall–Kier alpha value is -3.90. The quantitative estimate of drug-likeness (QED) is 0.345. The number of nitrogens with zero attached hydrogens (tertiary/aromatic N) is 2. The molecule has 0 N–H and O–H groups in total. The summed E-state index contributed by atoms with van der Waals surface area (Å²) in [4.78, 5) is 42.0. The van der Waals surface area contributed by atoms with Gasteiger partial charge in [-0.2, -0.15) is 0 Å². The molecule has 0 saturated carbocycles. The number of anilines is 1. The molecule has 0 fully saturated rings. The Morgan fingerprint density at radius 1 is 0.972 bits per heavy atom. The van der Waals surface area contributed by atoms with Crippen LogP contribution >= 0.6 is 11.6 Å². The summed E-state index contributed by atoms with van der Waals surface area (Å²) >= 11 is 6.11. The van der Waals surface area contributed by atoms with Crippen LogP contribution in [0.5, 0.6) is 0 Å². The molecule has 1 aliphatic heterocycles. The van der Waals surface area contributed by atoms with E-state index in [0.717, 1.165) is 17.7 Å². The lowest BCUT2D eigenvalue weighted by atomic mass is 9.96. The number of halogens is 1. The fourth-order valence-electron chi connectivity index (χ4n) is 4.85. The molecule has 3 aromatic carbocycles. The van der Waals surface area contributed by atoms with Crippen molar-refractivity contribution in [3.8, 4) is 11.1 Å². The number of fused-ring (bicyclic) bond motifs is 2. The number of carbonyl (C=O) groups excluding carboxylic acids is 2. The number of esters is 1. The monoisotopic (exact) mass is 500 g/mol. The van der Waals surface area contributed by atoms with E-state index in [2.05, 4.69) is 0 Å². The molecule has 0 aliphatic carbocycles. The van der Waals surface area contributed by atoms with Crippen molar-refractivity contribution in [1.82, 2.24) is 4.57 Å². The van der Waals surface area contributed by atoms with E-state index >= 15 is 0 Å². The van der Waals surface area contributed by atoms with E-state index in [4.69, 9.17) is 16.3 Å². The molecular formula is C29H25ClN2O4. The Kier molecular flexibility index (Phi) is 6.37. The molecule has 1 aromatic heterocycles. The van der Waals surface area contributed by atoms with Gasteiger partial charge < -0.3 is 14.2 Å². The molecule has 1 unspecified atom stereocenters. The molecular weight excluding hydrogens is 476 g/mol. The van der Waals surface area contributed by atoms with Crippen LogP contribution < -0.4 is 10.5 Å². The maximum absolute atomic E-state index is 13.7. The number of hydrogen-bond donors (Lipinski definition) is 0. The lowest BCUT2D eigenvalue weighted by molar-refractivity contribution is -0.127. The highest BCUT2D eigenvalue weighted by Gasteiger charge is 2.33. The van der Waals surface area contributed by atoms with E-state index in [1.54, 1.807) is 61.3 Å². The molecule has 0 saturated heterocycles. The Morgan fingerprint density at radius 2 is 1.64 bits per heavy atom. The van der Waals surface area contributed by atoms with E-state index in [0.29, 0.717) is 39.9 Å². The molecule has 1 amide bonds. The fourth-order valence-corrected chi connectivity index (χ4v) is 4.97. The van der Waals surface area contributed by atoms with Gasteiger partial charge in [0, 0.05) is 35.3 Å². The van der Waals surface area contributed by atoms with Crippen molar-refractivity contribution in [3.63, 3.8) is 0 Å². The van der Waals surface area contributed by atoms with Crippen molar-refractivity contribution in [2.24, 2.45) is 7.05 Å². The van der Waals surface area contributed by atoms with Gasteiger partial charge in [-0.15, -0.1) is 0 Å². The normalized spacial score (nSPS) is 13.5. The van der Waals surface area contributed by atoms with Crippen molar-refractivity contribution in [2.45, 2.75) is 25.9 Å². The van der Waals surface area contributed by atoms with Gasteiger partial charge in [0.15, 0.2) is 6.10 Å². The second kappa shape index (κ2) is 9.63. The minimum Gasteiger partial charge on any atom is -0.448 e. The standard InChI is InChI=1S/C29H25ClN2O4/c1-3-24(28(34)32-17-16-18-8-4-7-11-23(18)32)36-29(35)26-25(19-12-14-20(30)15-13-19)21-9-5-6-10-22(21)27(33)31(26)2/h4-15,24H,3,16-17H2,1-2H3. The molecule has 6 nitrogen and oxygen atoms in total. The average molecular weight is 501 g/mol. The highest BCUT2D eigenvalue weighted by molar-refractivity contribution is 6.30. The van der Waals surface area contributed by atoms with E-state index in [9.17, 15) is 14.4 Å². The molecule has 5 rings (SSSR count). The van der Waals surface area contributed by atoms with Crippen molar-refractivity contribution in [3.05, 3.63) is 99.4 Å². The highest BCUT2D eigenvalue weighted by Crippen LogP contribution is 2.33. The fraction of sp³-hybridized carbons (Fsp3) is 0.207. The van der Waals surface area contributed by atoms with Gasteiger partial charge in [-0.3, -0.25) is 9.59 Å². The molecule has 182 valence electrons. The average Bonchev–Trinajstić information content (AvgIpc) is 3.33. The van der Waals surface area contributed by atoms with Crippen LogP contribution in [0.1, 0.15) is 29.4 Å². The number of pyridine rings is 1. The first-order chi connectivity index (χ1) is 17.4. The van der Waals surface area contributed by atoms with Gasteiger partial charge in [-0.25, -0.2) is 4.79 Å². The van der Waals surface area contributed by atoms with Gasteiger partial charge in [0.05, 0.1) is 0 Å². The van der Waals surface area contributed by atoms with Crippen LogP contribution in [0.3, 0.4) is 0 Å². The SMILES string of the molecule is CCC(OC(=O)c1c(-c2ccc(Cl)cc2)c2ccccc2c(=O)n1C)C(=O)N1CCc2ccccc21. The Bertz CT molecular complexity index is 1540. The van der Waals surface area contributed by atoms with Crippen molar-refractivity contribution in [1.29, 1.82) is 0 Å². The number of amides is 1. The van der Waals surface area contributed by atoms with E-state index in [-0.39, 0.29) is 17.2 Å². The first-order valence-corrected chi connectivity index (χ1v) is 12.3. The third-order valence-corrected chi connectivity index (χ3v) is 6.93. The van der Waals surface area contributed by atoms with E-state index in [1.807, 2.05) is 30.3 Å². The van der Waals surface area contributed by atoms with Gasteiger partial charge in [-0.1, -0.05) is 67.1 Å². The summed E-state index contributed by atoms with van der Waals surface area (Å²) in [5.74, 6) is -0.993. The molecule has 1 atom stereocenters. The maximum Gasteiger partial charge on any atom is 0.356 e. The first kappa shape index (κ1) is 23.8. The maximum atomic E-state index is 13.7. The molecule has 4 aromatic rings. The van der Waals surface area contributed by atoms with Gasteiger partial charge >= 0.3 is 5.97 Å². The van der Waals surface area contributed by atoms with Gasteiger partial charge in [0.2, 0.25) is 0 Å². The summed E-state index contributed by atoms with van der Waals surface area (Å²) in [5.41, 5.74) is 2.98. The molecule has 36 heavy (non-hydrogen) atoms. The third-order valence-electron chi connectivity index (χ3n) is 6.68. The zero-order chi connectivity index (χ0) is 25.4. The van der Waals surface area contributed by atoms with Crippen LogP contribution in [-0.4, -0.2) is 29.1 Å². The zero-order valence-corrected chi connectivity index (χ0v) is 20.8. The van der Waals surface area contributed by atoms with Crippen molar-refractivity contribution >= 4 is 39.9 Å². The van der Waals surface area contributed by atoms with E-state index < -0.39 is 12.1 Å².